The minimum absolute atomic E-state index is 0.0276. The maximum Gasteiger partial charge on any atom is 0.303 e. The Morgan fingerprint density at radius 3 is 2.54 bits per heavy atom. The number of aliphatic hydroxyl groups excluding tert-OH is 1. The first-order valence-electron chi connectivity index (χ1n) is 9.95. The first-order chi connectivity index (χ1) is 13.3. The molecule has 2 N–H and O–H groups in total. The fraction of sp³-hybridized carbons (Fsp3) is 0.619. The lowest BCUT2D eigenvalue weighted by Crippen LogP contribution is -2.36. The number of aliphatic carboxylic acids is 1. The van der Waals surface area contributed by atoms with E-state index in [9.17, 15) is 23.5 Å². The molecule has 1 amide bonds. The largest absolute Gasteiger partial charge is 0.481 e. The minimum atomic E-state index is -3.32. The van der Waals surface area contributed by atoms with E-state index in [2.05, 4.69) is 0 Å². The number of hydrogen-bond donors (Lipinski definition) is 2. The number of amides is 1. The van der Waals surface area contributed by atoms with E-state index in [-0.39, 0.29) is 30.4 Å². The molecule has 156 valence electrons. The predicted octanol–water partition coefficient (Wildman–Crippen LogP) is 3.95. The van der Waals surface area contributed by atoms with Crippen molar-refractivity contribution in [3.05, 3.63) is 35.9 Å². The number of unbranched alkanes of at least 4 members (excludes halogenated alkanes) is 3. The molecule has 0 bridgehead atoms. The maximum absolute atomic E-state index is 14.4. The van der Waals surface area contributed by atoms with E-state index < -0.39 is 18.0 Å². The van der Waals surface area contributed by atoms with Crippen molar-refractivity contribution < 1.29 is 28.6 Å². The maximum atomic E-state index is 14.4. The number of carboxylic acids is 1. The molecule has 1 saturated heterocycles. The summed E-state index contributed by atoms with van der Waals surface area (Å²) in [7, 11) is 0. The van der Waals surface area contributed by atoms with Crippen LogP contribution in [0.2, 0.25) is 0 Å². The first-order valence-corrected chi connectivity index (χ1v) is 9.95. The van der Waals surface area contributed by atoms with Gasteiger partial charge < -0.3 is 15.1 Å². The van der Waals surface area contributed by atoms with Crippen molar-refractivity contribution >= 4 is 11.9 Å². The zero-order valence-corrected chi connectivity index (χ0v) is 16.0. The molecule has 1 aromatic rings. The lowest BCUT2D eigenvalue weighted by Gasteiger charge is -2.28. The number of likely N-dealkylation sites (tertiary alicyclic amines) is 1. The van der Waals surface area contributed by atoms with Gasteiger partial charge in [-0.05, 0) is 32.1 Å². The molecule has 1 fully saturated rings. The molecule has 2 atom stereocenters. The van der Waals surface area contributed by atoms with Crippen molar-refractivity contribution in [2.75, 3.05) is 6.54 Å². The summed E-state index contributed by atoms with van der Waals surface area (Å²) in [6, 6.07) is 7.18. The van der Waals surface area contributed by atoms with Gasteiger partial charge in [0.25, 0.3) is 5.92 Å². The first kappa shape index (κ1) is 22.3. The summed E-state index contributed by atoms with van der Waals surface area (Å²) in [5.41, 5.74) is -0.205. The molecule has 2 unspecified atom stereocenters. The highest BCUT2D eigenvalue weighted by molar-refractivity contribution is 5.78. The van der Waals surface area contributed by atoms with Crippen LogP contribution >= 0.6 is 0 Å². The number of carbonyl (C=O) groups excluding carboxylic acids is 1. The number of halogens is 2. The van der Waals surface area contributed by atoms with Crippen LogP contribution in [0.4, 0.5) is 8.78 Å². The van der Waals surface area contributed by atoms with Gasteiger partial charge in [0.05, 0.1) is 0 Å². The van der Waals surface area contributed by atoms with Crippen molar-refractivity contribution in [1.29, 1.82) is 0 Å². The fourth-order valence-corrected chi connectivity index (χ4v) is 3.70. The van der Waals surface area contributed by atoms with Crippen LogP contribution in [0, 0.1) is 0 Å². The summed E-state index contributed by atoms with van der Waals surface area (Å²) in [4.78, 5) is 24.3. The van der Waals surface area contributed by atoms with Gasteiger partial charge in [0.2, 0.25) is 5.91 Å². The topological polar surface area (TPSA) is 77.8 Å². The van der Waals surface area contributed by atoms with Gasteiger partial charge in [0.15, 0.2) is 0 Å². The monoisotopic (exact) mass is 397 g/mol. The third-order valence-electron chi connectivity index (χ3n) is 5.34. The number of carbonyl (C=O) groups is 2. The lowest BCUT2D eigenvalue weighted by atomic mass is 9.97. The van der Waals surface area contributed by atoms with Gasteiger partial charge in [-0.2, -0.15) is 8.78 Å². The number of aliphatic hydroxyl groups is 1. The molecule has 28 heavy (non-hydrogen) atoms. The van der Waals surface area contributed by atoms with Gasteiger partial charge >= 0.3 is 5.97 Å². The van der Waals surface area contributed by atoms with Crippen LogP contribution in [0.1, 0.15) is 63.4 Å². The van der Waals surface area contributed by atoms with E-state index in [1.165, 1.54) is 24.3 Å². The van der Waals surface area contributed by atoms with Gasteiger partial charge in [0, 0.05) is 31.0 Å². The Balaban J connectivity index is 1.78. The Hall–Kier alpha value is -2.02. The third kappa shape index (κ3) is 6.26. The standard InChI is InChI=1S/C21H29F2NO4/c22-21(23,16-8-4-3-5-9-16)18(25)13-11-17-12-14-19(26)24(17)15-7-2-1-6-10-20(27)28/h3-5,8-9,17-18,25H,1-2,6-7,10-15H2,(H,27,28). The Bertz CT molecular complexity index is 639. The highest BCUT2D eigenvalue weighted by Crippen LogP contribution is 2.35. The van der Waals surface area contributed by atoms with Gasteiger partial charge in [-0.3, -0.25) is 9.59 Å². The second-order valence-electron chi connectivity index (χ2n) is 7.42. The third-order valence-corrected chi connectivity index (χ3v) is 5.34. The summed E-state index contributed by atoms with van der Waals surface area (Å²) in [5, 5.41) is 18.7. The van der Waals surface area contributed by atoms with E-state index in [0.717, 1.165) is 19.3 Å². The van der Waals surface area contributed by atoms with E-state index >= 15 is 0 Å². The SMILES string of the molecule is O=C(O)CCCCCCN1C(=O)CCC1CCC(O)C(F)(F)c1ccccc1. The molecule has 1 aromatic carbocycles. The van der Waals surface area contributed by atoms with Crippen LogP contribution < -0.4 is 0 Å². The number of carboxylic acid groups (broad SMARTS) is 1. The average Bonchev–Trinajstić information content (AvgIpc) is 3.02. The number of alkyl halides is 2. The summed E-state index contributed by atoms with van der Waals surface area (Å²) in [5.74, 6) is -4.10. The second-order valence-corrected chi connectivity index (χ2v) is 7.42. The Labute approximate surface area is 164 Å². The molecule has 7 heteroatoms. The summed E-state index contributed by atoms with van der Waals surface area (Å²) < 4.78 is 28.8. The number of rotatable bonds is 12. The van der Waals surface area contributed by atoms with Crippen molar-refractivity contribution in [3.8, 4) is 0 Å². The van der Waals surface area contributed by atoms with Crippen molar-refractivity contribution in [3.63, 3.8) is 0 Å². The van der Waals surface area contributed by atoms with Crippen LogP contribution in [0.3, 0.4) is 0 Å². The molecule has 0 saturated carbocycles. The Kier molecular flexibility index (Phi) is 8.35. The van der Waals surface area contributed by atoms with Crippen LogP contribution in [-0.4, -0.2) is 45.7 Å². The van der Waals surface area contributed by atoms with E-state index in [4.69, 9.17) is 5.11 Å². The van der Waals surface area contributed by atoms with Crippen LogP contribution in [0.5, 0.6) is 0 Å². The highest BCUT2D eigenvalue weighted by atomic mass is 19.3. The molecular formula is C21H29F2NO4. The predicted molar refractivity (Wildman–Crippen MR) is 101 cm³/mol. The van der Waals surface area contributed by atoms with Gasteiger partial charge in [0.1, 0.15) is 6.10 Å². The number of nitrogens with zero attached hydrogens (tertiary/aromatic N) is 1. The fourth-order valence-electron chi connectivity index (χ4n) is 3.70. The molecule has 1 aliphatic heterocycles. The molecular weight excluding hydrogens is 368 g/mol. The molecule has 0 aromatic heterocycles. The van der Waals surface area contributed by atoms with E-state index in [0.29, 0.717) is 32.2 Å². The summed E-state index contributed by atoms with van der Waals surface area (Å²) in [6.45, 7) is 0.557. The van der Waals surface area contributed by atoms with E-state index in [1.807, 2.05) is 0 Å². The van der Waals surface area contributed by atoms with Gasteiger partial charge in [-0.1, -0.05) is 43.2 Å². The average molecular weight is 397 g/mol. The lowest BCUT2D eigenvalue weighted by molar-refractivity contribution is -0.137. The molecule has 0 aliphatic carbocycles. The van der Waals surface area contributed by atoms with Gasteiger partial charge in [-0.15, -0.1) is 0 Å². The van der Waals surface area contributed by atoms with Crippen molar-refractivity contribution in [2.24, 2.45) is 0 Å². The second kappa shape index (κ2) is 10.5. The number of benzene rings is 1. The van der Waals surface area contributed by atoms with E-state index in [1.54, 1.807) is 11.0 Å². The quantitative estimate of drug-likeness (QED) is 0.524. The molecule has 2 rings (SSSR count). The van der Waals surface area contributed by atoms with Crippen LogP contribution in [-0.2, 0) is 15.5 Å². The van der Waals surface area contributed by atoms with Crippen molar-refractivity contribution in [2.45, 2.75) is 75.9 Å². The normalized spacial score (nSPS) is 18.5. The summed E-state index contributed by atoms with van der Waals surface area (Å²) in [6.07, 6.45) is 2.68. The number of hydrogen-bond acceptors (Lipinski definition) is 3. The molecule has 0 spiro atoms. The Morgan fingerprint density at radius 1 is 1.18 bits per heavy atom. The van der Waals surface area contributed by atoms with Crippen molar-refractivity contribution in [1.82, 2.24) is 4.90 Å². The molecule has 1 aliphatic rings. The van der Waals surface area contributed by atoms with Crippen LogP contribution in [0.25, 0.3) is 0 Å². The zero-order chi connectivity index (χ0) is 20.6. The zero-order valence-electron chi connectivity index (χ0n) is 16.0. The molecule has 1 heterocycles. The van der Waals surface area contributed by atoms with Crippen LogP contribution in [0.15, 0.2) is 30.3 Å². The minimum Gasteiger partial charge on any atom is -0.481 e. The Morgan fingerprint density at radius 2 is 1.86 bits per heavy atom. The highest BCUT2D eigenvalue weighted by Gasteiger charge is 2.41. The smallest absolute Gasteiger partial charge is 0.303 e. The summed E-state index contributed by atoms with van der Waals surface area (Å²) >= 11 is 0. The molecule has 0 radical (unpaired) electrons. The van der Waals surface area contributed by atoms with Gasteiger partial charge in [-0.25, -0.2) is 0 Å². The molecule has 5 nitrogen and oxygen atoms in total.